The first-order chi connectivity index (χ1) is 9.66. The van der Waals surface area contributed by atoms with Crippen molar-refractivity contribution in [3.8, 4) is 0 Å². The van der Waals surface area contributed by atoms with Crippen LogP contribution in [0.5, 0.6) is 0 Å². The number of fused-ring (bicyclic) bond motifs is 1. The molecule has 0 saturated heterocycles. The van der Waals surface area contributed by atoms with Gasteiger partial charge in [0.25, 0.3) is 0 Å². The van der Waals surface area contributed by atoms with Crippen LogP contribution in [0.2, 0.25) is 5.02 Å². The number of rotatable bonds is 1. The summed E-state index contributed by atoms with van der Waals surface area (Å²) in [4.78, 5) is 14.0. The van der Waals surface area contributed by atoms with Gasteiger partial charge in [0.2, 0.25) is 5.91 Å². The second-order valence-corrected chi connectivity index (χ2v) is 5.28. The molecule has 0 radical (unpaired) electrons. The molecule has 1 aliphatic heterocycles. The van der Waals surface area contributed by atoms with Crippen molar-refractivity contribution in [3.63, 3.8) is 0 Å². The number of para-hydroxylation sites is 2. The van der Waals surface area contributed by atoms with E-state index in [0.29, 0.717) is 23.7 Å². The van der Waals surface area contributed by atoms with Crippen LogP contribution in [-0.4, -0.2) is 12.5 Å². The highest BCUT2D eigenvalue weighted by Crippen LogP contribution is 2.39. The lowest BCUT2D eigenvalue weighted by atomic mass is 10.1. The first kappa shape index (κ1) is 13.0. The molecule has 0 atom stereocenters. The van der Waals surface area contributed by atoms with Crippen LogP contribution in [0.4, 0.5) is 17.1 Å². The predicted molar refractivity (Wildman–Crippen MR) is 82.9 cm³/mol. The van der Waals surface area contributed by atoms with Gasteiger partial charge in [-0.3, -0.25) is 4.79 Å². The number of amides is 1. The van der Waals surface area contributed by atoms with E-state index in [1.54, 1.807) is 6.07 Å². The molecule has 0 aromatic heterocycles. The SMILES string of the molecule is Cc1ccccc1N1CCC(=O)Nc2c(Cl)cccc21. The molecule has 0 aliphatic carbocycles. The number of halogens is 1. The van der Waals surface area contributed by atoms with Crippen LogP contribution in [0.3, 0.4) is 0 Å². The molecule has 2 aromatic rings. The fraction of sp³-hybridized carbons (Fsp3) is 0.188. The summed E-state index contributed by atoms with van der Waals surface area (Å²) in [5.74, 6) is -0.00423. The molecule has 2 aromatic carbocycles. The van der Waals surface area contributed by atoms with Gasteiger partial charge in [0.15, 0.2) is 0 Å². The third-order valence-electron chi connectivity index (χ3n) is 3.52. The molecule has 0 fully saturated rings. The lowest BCUT2D eigenvalue weighted by molar-refractivity contribution is -0.115. The molecule has 0 unspecified atom stereocenters. The van der Waals surface area contributed by atoms with Crippen LogP contribution < -0.4 is 10.2 Å². The van der Waals surface area contributed by atoms with E-state index in [9.17, 15) is 4.79 Å². The third kappa shape index (κ3) is 2.25. The fourth-order valence-electron chi connectivity index (χ4n) is 2.51. The van der Waals surface area contributed by atoms with E-state index >= 15 is 0 Å². The highest BCUT2D eigenvalue weighted by atomic mass is 35.5. The molecule has 0 spiro atoms. The Kier molecular flexibility index (Phi) is 3.36. The minimum absolute atomic E-state index is 0.00423. The quantitative estimate of drug-likeness (QED) is 0.855. The molecule has 1 N–H and O–H groups in total. The lowest BCUT2D eigenvalue weighted by Crippen LogP contribution is -2.19. The van der Waals surface area contributed by atoms with Crippen molar-refractivity contribution in [1.82, 2.24) is 0 Å². The van der Waals surface area contributed by atoms with Gasteiger partial charge in [0.1, 0.15) is 0 Å². The number of aryl methyl sites for hydroxylation is 1. The number of anilines is 3. The molecular weight excluding hydrogens is 272 g/mol. The predicted octanol–water partition coefficient (Wildman–Crippen LogP) is 4.13. The van der Waals surface area contributed by atoms with Crippen molar-refractivity contribution in [3.05, 3.63) is 53.1 Å². The van der Waals surface area contributed by atoms with Crippen LogP contribution in [0.1, 0.15) is 12.0 Å². The maximum Gasteiger partial charge on any atom is 0.226 e. The zero-order valence-electron chi connectivity index (χ0n) is 11.2. The van der Waals surface area contributed by atoms with Crippen LogP contribution in [0.25, 0.3) is 0 Å². The van der Waals surface area contributed by atoms with Crippen molar-refractivity contribution in [2.24, 2.45) is 0 Å². The van der Waals surface area contributed by atoms with E-state index in [4.69, 9.17) is 11.6 Å². The first-order valence-corrected chi connectivity index (χ1v) is 6.96. The van der Waals surface area contributed by atoms with E-state index in [-0.39, 0.29) is 5.91 Å². The number of carbonyl (C=O) groups excluding carboxylic acids is 1. The lowest BCUT2D eigenvalue weighted by Gasteiger charge is -2.26. The summed E-state index contributed by atoms with van der Waals surface area (Å²) in [5.41, 5.74) is 3.91. The number of nitrogens with one attached hydrogen (secondary N) is 1. The summed E-state index contributed by atoms with van der Waals surface area (Å²) in [7, 11) is 0. The summed E-state index contributed by atoms with van der Waals surface area (Å²) in [6, 6.07) is 13.8. The van der Waals surface area contributed by atoms with Gasteiger partial charge in [0, 0.05) is 18.7 Å². The van der Waals surface area contributed by atoms with Gasteiger partial charge in [-0.1, -0.05) is 35.9 Å². The standard InChI is InChI=1S/C16H15ClN2O/c1-11-5-2-3-7-13(11)19-10-9-15(20)18-16-12(17)6-4-8-14(16)19/h2-8H,9-10H2,1H3,(H,18,20). The average molecular weight is 287 g/mol. The average Bonchev–Trinajstić information content (AvgIpc) is 2.60. The van der Waals surface area contributed by atoms with Gasteiger partial charge < -0.3 is 10.2 Å². The molecule has 1 heterocycles. The summed E-state index contributed by atoms with van der Waals surface area (Å²) in [6.07, 6.45) is 0.444. The van der Waals surface area contributed by atoms with E-state index < -0.39 is 0 Å². The Morgan fingerprint density at radius 3 is 2.65 bits per heavy atom. The molecule has 3 nitrogen and oxygen atoms in total. The molecule has 3 rings (SSSR count). The zero-order valence-corrected chi connectivity index (χ0v) is 11.9. The largest absolute Gasteiger partial charge is 0.339 e. The van der Waals surface area contributed by atoms with E-state index in [2.05, 4.69) is 29.3 Å². The Hall–Kier alpha value is -2.00. The minimum Gasteiger partial charge on any atom is -0.339 e. The number of nitrogens with zero attached hydrogens (tertiary/aromatic N) is 1. The summed E-state index contributed by atoms with van der Waals surface area (Å²) >= 11 is 6.23. The highest BCUT2D eigenvalue weighted by Gasteiger charge is 2.22. The van der Waals surface area contributed by atoms with Crippen LogP contribution in [-0.2, 0) is 4.79 Å². The molecular formula is C16H15ClN2O. The first-order valence-electron chi connectivity index (χ1n) is 6.58. The van der Waals surface area contributed by atoms with Gasteiger partial charge in [-0.05, 0) is 30.7 Å². The number of hydrogen-bond acceptors (Lipinski definition) is 2. The number of benzene rings is 2. The summed E-state index contributed by atoms with van der Waals surface area (Å²) < 4.78 is 0. The smallest absolute Gasteiger partial charge is 0.226 e. The Balaban J connectivity index is 2.16. The maximum atomic E-state index is 11.9. The molecule has 1 aliphatic rings. The minimum atomic E-state index is -0.00423. The van der Waals surface area contributed by atoms with Crippen molar-refractivity contribution >= 4 is 34.6 Å². The molecule has 0 saturated carbocycles. The molecule has 20 heavy (non-hydrogen) atoms. The van der Waals surface area contributed by atoms with Gasteiger partial charge in [-0.15, -0.1) is 0 Å². The second kappa shape index (κ2) is 5.17. The van der Waals surface area contributed by atoms with Crippen molar-refractivity contribution in [2.45, 2.75) is 13.3 Å². The van der Waals surface area contributed by atoms with E-state index in [1.165, 1.54) is 5.56 Å². The number of carbonyl (C=O) groups is 1. The van der Waals surface area contributed by atoms with Crippen molar-refractivity contribution in [2.75, 3.05) is 16.8 Å². The molecule has 1 amide bonds. The van der Waals surface area contributed by atoms with Crippen molar-refractivity contribution in [1.29, 1.82) is 0 Å². The van der Waals surface area contributed by atoms with Crippen LogP contribution >= 0.6 is 11.6 Å². The van der Waals surface area contributed by atoms with Crippen molar-refractivity contribution < 1.29 is 4.79 Å². The highest BCUT2D eigenvalue weighted by molar-refractivity contribution is 6.34. The molecule has 4 heteroatoms. The third-order valence-corrected chi connectivity index (χ3v) is 3.83. The molecule has 102 valence electrons. The Morgan fingerprint density at radius 1 is 1.10 bits per heavy atom. The Bertz CT molecular complexity index is 669. The topological polar surface area (TPSA) is 32.3 Å². The van der Waals surface area contributed by atoms with Gasteiger partial charge >= 0.3 is 0 Å². The van der Waals surface area contributed by atoms with E-state index in [0.717, 1.165) is 11.4 Å². The Morgan fingerprint density at radius 2 is 1.85 bits per heavy atom. The normalized spacial score (nSPS) is 14.5. The second-order valence-electron chi connectivity index (χ2n) is 4.87. The summed E-state index contributed by atoms with van der Waals surface area (Å²) in [5, 5.41) is 3.46. The van der Waals surface area contributed by atoms with Crippen LogP contribution in [0, 0.1) is 6.92 Å². The Labute approximate surface area is 123 Å². The number of hydrogen-bond donors (Lipinski definition) is 1. The monoisotopic (exact) mass is 286 g/mol. The van der Waals surface area contributed by atoms with Gasteiger partial charge in [-0.2, -0.15) is 0 Å². The zero-order chi connectivity index (χ0) is 14.1. The van der Waals surface area contributed by atoms with Crippen LogP contribution in [0.15, 0.2) is 42.5 Å². The fourth-order valence-corrected chi connectivity index (χ4v) is 2.73. The maximum absolute atomic E-state index is 11.9. The van der Waals surface area contributed by atoms with Gasteiger partial charge in [-0.25, -0.2) is 0 Å². The van der Waals surface area contributed by atoms with Gasteiger partial charge in [0.05, 0.1) is 16.4 Å². The molecule has 0 bridgehead atoms. The van der Waals surface area contributed by atoms with E-state index in [1.807, 2.05) is 24.3 Å². The summed E-state index contributed by atoms with van der Waals surface area (Å²) in [6.45, 7) is 2.71.